The third-order valence-corrected chi connectivity index (χ3v) is 5.48. The van der Waals surface area contributed by atoms with Crippen molar-refractivity contribution in [2.75, 3.05) is 31.1 Å². The molecule has 0 amide bonds. The minimum atomic E-state index is -0.260. The van der Waals surface area contributed by atoms with Gasteiger partial charge in [0.1, 0.15) is 5.82 Å². The largest absolute Gasteiger partial charge is 0.375 e. The molecule has 29 heavy (non-hydrogen) atoms. The molecular weight excluding hydrogens is 432 g/mol. The summed E-state index contributed by atoms with van der Waals surface area (Å²) in [4.78, 5) is 4.47. The van der Waals surface area contributed by atoms with E-state index in [4.69, 9.17) is 41.2 Å². The molecule has 9 heteroatoms. The van der Waals surface area contributed by atoms with Gasteiger partial charge in [0.25, 0.3) is 0 Å². The normalized spacial score (nSPS) is 15.5. The summed E-state index contributed by atoms with van der Waals surface area (Å²) in [6.07, 6.45) is 2.56. The molecule has 2 aromatic carbocycles. The van der Waals surface area contributed by atoms with Crippen LogP contribution in [0.15, 0.2) is 41.5 Å². The Balaban J connectivity index is 1.64. The Labute approximate surface area is 185 Å². The van der Waals surface area contributed by atoms with Gasteiger partial charge < -0.3 is 10.6 Å². The number of halogens is 3. The molecule has 0 unspecified atom stereocenters. The first-order chi connectivity index (χ1) is 13.9. The molecule has 1 aliphatic rings. The number of rotatable bonds is 5. The molecule has 5 nitrogen and oxygen atoms in total. The molecule has 0 bridgehead atoms. The molecule has 1 saturated heterocycles. The number of hydrazone groups is 1. The summed E-state index contributed by atoms with van der Waals surface area (Å²) < 4.78 is 14.1. The molecule has 0 spiro atoms. The fraction of sp³-hybridized carbons (Fsp3) is 0.300. The first-order valence-corrected chi connectivity index (χ1v) is 10.4. The lowest BCUT2D eigenvalue weighted by Crippen LogP contribution is -2.31. The summed E-state index contributed by atoms with van der Waals surface area (Å²) in [6.45, 7) is 3.83. The molecule has 3 N–H and O–H groups in total. The van der Waals surface area contributed by atoms with Crippen molar-refractivity contribution in [1.82, 2.24) is 10.3 Å². The molecule has 1 fully saturated rings. The monoisotopic (exact) mass is 453 g/mol. The lowest BCUT2D eigenvalue weighted by Gasteiger charge is -2.25. The zero-order chi connectivity index (χ0) is 20.8. The Hall–Kier alpha value is -1.93. The topological polar surface area (TPSA) is 56.9 Å². The van der Waals surface area contributed by atoms with Crippen molar-refractivity contribution < 1.29 is 4.39 Å². The summed E-state index contributed by atoms with van der Waals surface area (Å²) in [6, 6.07) is 10.6. The van der Waals surface area contributed by atoms with Crippen LogP contribution in [0.3, 0.4) is 0 Å². The number of nitrogens with one attached hydrogen (secondary N) is 1. The van der Waals surface area contributed by atoms with E-state index in [2.05, 4.69) is 20.3 Å². The molecular formula is C20H22Cl2FN5S. The van der Waals surface area contributed by atoms with Crippen molar-refractivity contribution in [2.45, 2.75) is 13.0 Å². The lowest BCUT2D eigenvalue weighted by atomic mass is 10.2. The predicted octanol–water partition coefficient (Wildman–Crippen LogP) is 4.01. The third-order valence-electron chi connectivity index (χ3n) is 4.73. The molecule has 0 radical (unpaired) electrons. The molecule has 0 aromatic heterocycles. The molecule has 0 aliphatic carbocycles. The average Bonchev–Trinajstić information content (AvgIpc) is 2.90. The zero-order valence-electron chi connectivity index (χ0n) is 15.7. The van der Waals surface area contributed by atoms with Crippen LogP contribution in [0.25, 0.3) is 0 Å². The standard InChI is InChI=1S/C20H22Cl2FN5S/c21-16-3-1-4-18(23)15(16)13-27-7-2-8-28(10-9-27)19-6-5-14(11-17(19)22)12-25-26-20(24)29/h1,3-6,11-12H,2,7-10,13H2,(H3,24,26,29). The molecule has 154 valence electrons. The van der Waals surface area contributed by atoms with Gasteiger partial charge in [-0.05, 0) is 48.5 Å². The van der Waals surface area contributed by atoms with Crippen molar-refractivity contribution in [3.05, 3.63) is 63.4 Å². The van der Waals surface area contributed by atoms with Gasteiger partial charge >= 0.3 is 0 Å². The van der Waals surface area contributed by atoms with Crippen molar-refractivity contribution in [3.63, 3.8) is 0 Å². The second kappa shape index (κ2) is 10.2. The Morgan fingerprint density at radius 2 is 2.00 bits per heavy atom. The fourth-order valence-corrected chi connectivity index (χ4v) is 3.89. The van der Waals surface area contributed by atoms with E-state index in [-0.39, 0.29) is 10.9 Å². The molecule has 1 aliphatic heterocycles. The zero-order valence-corrected chi connectivity index (χ0v) is 18.1. The number of anilines is 1. The van der Waals surface area contributed by atoms with E-state index in [1.165, 1.54) is 6.07 Å². The van der Waals surface area contributed by atoms with Crippen LogP contribution in [0.2, 0.25) is 10.0 Å². The number of thiocarbonyl (C=S) groups is 1. The third kappa shape index (κ3) is 6.02. The van der Waals surface area contributed by atoms with Gasteiger partial charge in [0, 0.05) is 43.3 Å². The fourth-order valence-electron chi connectivity index (χ4n) is 3.31. The second-order valence-corrected chi connectivity index (χ2v) is 8.02. The summed E-state index contributed by atoms with van der Waals surface area (Å²) in [5.41, 5.74) is 10.2. The maximum absolute atomic E-state index is 14.1. The van der Waals surface area contributed by atoms with E-state index >= 15 is 0 Å². The predicted molar refractivity (Wildman–Crippen MR) is 122 cm³/mol. The molecule has 0 atom stereocenters. The van der Waals surface area contributed by atoms with Crippen LogP contribution >= 0.6 is 35.4 Å². The van der Waals surface area contributed by atoms with Gasteiger partial charge in [0.15, 0.2) is 5.11 Å². The maximum atomic E-state index is 14.1. The SMILES string of the molecule is NC(=S)NN=Cc1ccc(N2CCCN(Cc3c(F)cccc3Cl)CC2)c(Cl)c1. The van der Waals surface area contributed by atoms with E-state index < -0.39 is 0 Å². The van der Waals surface area contributed by atoms with E-state index in [0.717, 1.165) is 43.9 Å². The van der Waals surface area contributed by atoms with Crippen LogP contribution in [0.5, 0.6) is 0 Å². The highest BCUT2D eigenvalue weighted by atomic mass is 35.5. The number of nitrogens with two attached hydrogens (primary N) is 1. The van der Waals surface area contributed by atoms with Crippen LogP contribution in [0.4, 0.5) is 10.1 Å². The first-order valence-electron chi connectivity index (χ1n) is 9.22. The second-order valence-electron chi connectivity index (χ2n) is 6.76. The summed E-state index contributed by atoms with van der Waals surface area (Å²) in [5, 5.41) is 5.16. The number of hydrogen-bond acceptors (Lipinski definition) is 4. The Morgan fingerprint density at radius 1 is 1.17 bits per heavy atom. The van der Waals surface area contributed by atoms with Gasteiger partial charge in [0.05, 0.1) is 16.9 Å². The molecule has 0 saturated carbocycles. The summed E-state index contributed by atoms with van der Waals surface area (Å²) in [7, 11) is 0. The Morgan fingerprint density at radius 3 is 2.72 bits per heavy atom. The van der Waals surface area contributed by atoms with Crippen molar-refractivity contribution in [2.24, 2.45) is 10.8 Å². The highest BCUT2D eigenvalue weighted by Crippen LogP contribution is 2.28. The van der Waals surface area contributed by atoms with Crippen LogP contribution in [0, 0.1) is 5.82 Å². The number of hydrogen-bond donors (Lipinski definition) is 2. The van der Waals surface area contributed by atoms with Crippen LogP contribution in [-0.2, 0) is 6.54 Å². The van der Waals surface area contributed by atoms with Gasteiger partial charge in [-0.2, -0.15) is 5.10 Å². The van der Waals surface area contributed by atoms with Crippen LogP contribution in [0.1, 0.15) is 17.5 Å². The van der Waals surface area contributed by atoms with Crippen molar-refractivity contribution in [3.8, 4) is 0 Å². The van der Waals surface area contributed by atoms with E-state index in [0.29, 0.717) is 22.2 Å². The minimum Gasteiger partial charge on any atom is -0.375 e. The number of nitrogens with zero attached hydrogens (tertiary/aromatic N) is 3. The first kappa shape index (κ1) is 21.8. The van der Waals surface area contributed by atoms with E-state index in [9.17, 15) is 4.39 Å². The lowest BCUT2D eigenvalue weighted by molar-refractivity contribution is 0.281. The van der Waals surface area contributed by atoms with E-state index in [1.54, 1.807) is 18.3 Å². The Kier molecular flexibility index (Phi) is 7.66. The minimum absolute atomic E-state index is 0.106. The molecule has 1 heterocycles. The van der Waals surface area contributed by atoms with Crippen LogP contribution < -0.4 is 16.1 Å². The van der Waals surface area contributed by atoms with Crippen molar-refractivity contribution >= 4 is 52.4 Å². The summed E-state index contributed by atoms with van der Waals surface area (Å²) in [5.74, 6) is -0.260. The molecule has 3 rings (SSSR count). The summed E-state index contributed by atoms with van der Waals surface area (Å²) >= 11 is 17.4. The Bertz CT molecular complexity index is 888. The van der Waals surface area contributed by atoms with Gasteiger partial charge in [-0.3, -0.25) is 10.3 Å². The van der Waals surface area contributed by atoms with Gasteiger partial charge in [-0.1, -0.05) is 35.3 Å². The maximum Gasteiger partial charge on any atom is 0.184 e. The van der Waals surface area contributed by atoms with E-state index in [1.807, 2.05) is 18.2 Å². The van der Waals surface area contributed by atoms with Crippen molar-refractivity contribution in [1.29, 1.82) is 0 Å². The highest BCUT2D eigenvalue weighted by Gasteiger charge is 2.19. The molecule has 2 aromatic rings. The average molecular weight is 454 g/mol. The van der Waals surface area contributed by atoms with Gasteiger partial charge in [0.2, 0.25) is 0 Å². The van der Waals surface area contributed by atoms with Gasteiger partial charge in [-0.25, -0.2) is 4.39 Å². The highest BCUT2D eigenvalue weighted by molar-refractivity contribution is 7.80. The number of benzene rings is 2. The smallest absolute Gasteiger partial charge is 0.184 e. The van der Waals surface area contributed by atoms with Gasteiger partial charge in [-0.15, -0.1) is 0 Å². The van der Waals surface area contributed by atoms with Crippen LogP contribution in [-0.4, -0.2) is 42.4 Å². The quantitative estimate of drug-likeness (QED) is 0.406.